The van der Waals surface area contributed by atoms with E-state index in [1.54, 1.807) is 6.20 Å². The Morgan fingerprint density at radius 2 is 2.03 bits per heavy atom. The number of amides is 1. The number of nitrogens with one attached hydrogen (secondary N) is 1. The fraction of sp³-hybridized carbons (Fsp3) is 0.600. The van der Waals surface area contributed by atoms with Crippen LogP contribution in [0.15, 0.2) is 18.5 Å². The number of anilines is 1. The number of ketones is 1. The Labute approximate surface area is 199 Å². The molecule has 8 heteroatoms. The second-order valence-electron chi connectivity index (χ2n) is 9.68. The van der Waals surface area contributed by atoms with Gasteiger partial charge in [0.05, 0.1) is 17.8 Å². The van der Waals surface area contributed by atoms with E-state index in [0.717, 1.165) is 69.0 Å². The van der Waals surface area contributed by atoms with Crippen molar-refractivity contribution >= 4 is 29.1 Å². The van der Waals surface area contributed by atoms with E-state index in [1.807, 2.05) is 12.3 Å². The van der Waals surface area contributed by atoms with Crippen LogP contribution in [0, 0.1) is 17.8 Å². The monoisotopic (exact) mass is 470 g/mol. The largest absolute Gasteiger partial charge is 0.381 e. The Bertz CT molecular complexity index is 1030. The highest BCUT2D eigenvalue weighted by Gasteiger charge is 2.31. The predicted octanol–water partition coefficient (Wildman–Crippen LogP) is 4.68. The van der Waals surface area contributed by atoms with E-state index < -0.39 is 0 Å². The number of hydrogen-bond donors (Lipinski definition) is 1. The van der Waals surface area contributed by atoms with Crippen LogP contribution >= 0.6 is 11.6 Å². The van der Waals surface area contributed by atoms with Crippen molar-refractivity contribution in [2.24, 2.45) is 17.8 Å². The Morgan fingerprint density at radius 3 is 2.88 bits per heavy atom. The molecule has 7 nitrogen and oxygen atoms in total. The van der Waals surface area contributed by atoms with Gasteiger partial charge < -0.3 is 10.1 Å². The number of nitrogens with zero attached hydrogens (tertiary/aromatic N) is 3. The Morgan fingerprint density at radius 1 is 1.12 bits per heavy atom. The molecule has 0 bridgehead atoms. The number of carbonyl (C=O) groups is 2. The molecule has 0 radical (unpaired) electrons. The molecule has 3 aliphatic rings. The lowest BCUT2D eigenvalue weighted by Gasteiger charge is -2.28. The van der Waals surface area contributed by atoms with Crippen molar-refractivity contribution in [2.45, 2.75) is 64.3 Å². The van der Waals surface area contributed by atoms with E-state index in [2.05, 4.69) is 20.1 Å². The summed E-state index contributed by atoms with van der Waals surface area (Å²) in [4.78, 5) is 30.0. The number of hydrogen-bond acceptors (Lipinski definition) is 5. The van der Waals surface area contributed by atoms with Crippen LogP contribution in [0.4, 0.5) is 5.82 Å². The molecule has 0 unspecified atom stereocenters. The van der Waals surface area contributed by atoms with Gasteiger partial charge in [-0.1, -0.05) is 18.0 Å². The lowest BCUT2D eigenvalue weighted by Crippen LogP contribution is -2.30. The molecule has 1 amide bonds. The number of Topliss-reactive ketones (excluding diaryl/α,β-unsaturated/α-hetero) is 1. The van der Waals surface area contributed by atoms with Crippen molar-refractivity contribution in [3.05, 3.63) is 29.2 Å². The quantitative estimate of drug-likeness (QED) is 0.662. The maximum absolute atomic E-state index is 13.1. The average molecular weight is 471 g/mol. The lowest BCUT2D eigenvalue weighted by atomic mass is 9.77. The van der Waals surface area contributed by atoms with E-state index in [0.29, 0.717) is 36.3 Å². The zero-order valence-corrected chi connectivity index (χ0v) is 19.6. The molecule has 2 aromatic heterocycles. The fourth-order valence-corrected chi connectivity index (χ4v) is 5.75. The highest BCUT2D eigenvalue weighted by atomic mass is 35.5. The molecule has 4 heterocycles. The second kappa shape index (κ2) is 9.94. The average Bonchev–Trinajstić information content (AvgIpc) is 3.51. The normalized spacial score (nSPS) is 24.9. The van der Waals surface area contributed by atoms with Crippen LogP contribution in [0.3, 0.4) is 0 Å². The minimum atomic E-state index is -0.0961. The number of ether oxygens (including phenoxy) is 1. The van der Waals surface area contributed by atoms with Gasteiger partial charge in [0.2, 0.25) is 5.91 Å². The third-order valence-corrected chi connectivity index (χ3v) is 7.71. The van der Waals surface area contributed by atoms with Gasteiger partial charge in [0.25, 0.3) is 0 Å². The Balaban J connectivity index is 1.24. The van der Waals surface area contributed by atoms with Crippen molar-refractivity contribution < 1.29 is 14.3 Å². The number of aryl methyl sites for hydroxylation is 1. The van der Waals surface area contributed by atoms with Gasteiger partial charge in [-0.25, -0.2) is 4.98 Å². The number of rotatable bonds is 6. The summed E-state index contributed by atoms with van der Waals surface area (Å²) in [5, 5.41) is 8.08. The zero-order chi connectivity index (χ0) is 22.8. The fourth-order valence-electron chi connectivity index (χ4n) is 5.54. The first-order valence-corrected chi connectivity index (χ1v) is 12.6. The second-order valence-corrected chi connectivity index (χ2v) is 10.1. The van der Waals surface area contributed by atoms with Crippen molar-refractivity contribution in [1.29, 1.82) is 0 Å². The van der Waals surface area contributed by atoms with Crippen molar-refractivity contribution in [3.63, 3.8) is 0 Å². The highest BCUT2D eigenvalue weighted by Crippen LogP contribution is 2.36. The highest BCUT2D eigenvalue weighted by molar-refractivity contribution is 6.33. The molecule has 33 heavy (non-hydrogen) atoms. The standard InChI is InChI=1S/C25H31ClN4O3/c26-21-14-27-24(12-19(21)20-13-28-30-8-2-1-6-22(20)30)29-25(32)17-5-3-4-16(10-17)11-23(31)18-7-9-33-15-18/h12-14,16-18H,1-11,15H2,(H,27,29,32)/t16-,17+,18+/m1/s1. The predicted molar refractivity (Wildman–Crippen MR) is 126 cm³/mol. The van der Waals surface area contributed by atoms with Crippen LogP contribution in [-0.2, 0) is 27.3 Å². The molecule has 1 N–H and O–H groups in total. The van der Waals surface area contributed by atoms with E-state index in [4.69, 9.17) is 16.3 Å². The zero-order valence-electron chi connectivity index (χ0n) is 18.9. The van der Waals surface area contributed by atoms with Crippen LogP contribution in [-0.4, -0.2) is 39.7 Å². The first-order chi connectivity index (χ1) is 16.1. The maximum atomic E-state index is 13.1. The molecule has 3 atom stereocenters. The topological polar surface area (TPSA) is 86.1 Å². The van der Waals surface area contributed by atoms with Gasteiger partial charge in [-0.3, -0.25) is 14.3 Å². The van der Waals surface area contributed by atoms with Gasteiger partial charge in [-0.05, 0) is 56.9 Å². The van der Waals surface area contributed by atoms with Crippen molar-refractivity contribution in [3.8, 4) is 11.1 Å². The number of halogens is 1. The summed E-state index contributed by atoms with van der Waals surface area (Å²) in [5.41, 5.74) is 3.07. The first-order valence-electron chi connectivity index (χ1n) is 12.2. The molecule has 2 aromatic rings. The van der Waals surface area contributed by atoms with Crippen LogP contribution in [0.5, 0.6) is 0 Å². The van der Waals surface area contributed by atoms with Gasteiger partial charge in [-0.15, -0.1) is 0 Å². The third-order valence-electron chi connectivity index (χ3n) is 7.41. The molecular formula is C25H31ClN4O3. The third kappa shape index (κ3) is 4.99. The van der Waals surface area contributed by atoms with E-state index in [9.17, 15) is 9.59 Å². The summed E-state index contributed by atoms with van der Waals surface area (Å²) in [6, 6.07) is 1.86. The first kappa shape index (κ1) is 22.5. The number of carbonyl (C=O) groups excluding carboxylic acids is 2. The number of aromatic nitrogens is 3. The summed E-state index contributed by atoms with van der Waals surface area (Å²) < 4.78 is 7.41. The summed E-state index contributed by atoms with van der Waals surface area (Å²) in [6.45, 7) is 2.17. The summed E-state index contributed by atoms with van der Waals surface area (Å²) >= 11 is 6.48. The van der Waals surface area contributed by atoms with E-state index >= 15 is 0 Å². The number of fused-ring (bicyclic) bond motifs is 1. The minimum absolute atomic E-state index is 0.0193. The summed E-state index contributed by atoms with van der Waals surface area (Å²) in [7, 11) is 0. The van der Waals surface area contributed by atoms with Gasteiger partial charge in [0, 0.05) is 54.4 Å². The minimum Gasteiger partial charge on any atom is -0.381 e. The van der Waals surface area contributed by atoms with Gasteiger partial charge in [-0.2, -0.15) is 5.10 Å². The summed E-state index contributed by atoms with van der Waals surface area (Å²) in [5.74, 6) is 1.01. The molecule has 0 spiro atoms. The van der Waals surface area contributed by atoms with Gasteiger partial charge >= 0.3 is 0 Å². The van der Waals surface area contributed by atoms with Crippen LogP contribution in [0.2, 0.25) is 5.02 Å². The lowest BCUT2D eigenvalue weighted by molar-refractivity contribution is -0.126. The molecule has 0 aromatic carbocycles. The smallest absolute Gasteiger partial charge is 0.228 e. The van der Waals surface area contributed by atoms with Gasteiger partial charge in [0.1, 0.15) is 11.6 Å². The summed E-state index contributed by atoms with van der Waals surface area (Å²) in [6.07, 6.45) is 11.7. The van der Waals surface area contributed by atoms with Crippen LogP contribution < -0.4 is 5.32 Å². The van der Waals surface area contributed by atoms with Crippen molar-refractivity contribution in [1.82, 2.24) is 14.8 Å². The Hall–Kier alpha value is -2.25. The molecule has 2 fully saturated rings. The molecule has 1 saturated heterocycles. The maximum Gasteiger partial charge on any atom is 0.228 e. The SMILES string of the molecule is O=C(C[C@@H]1CCC[C@H](C(=O)Nc2cc(-c3cnn4c3CCCC4)c(Cl)cn2)C1)[C@H]1CCOC1. The van der Waals surface area contributed by atoms with E-state index in [1.165, 1.54) is 5.69 Å². The van der Waals surface area contributed by atoms with Gasteiger partial charge in [0.15, 0.2) is 0 Å². The molecule has 1 aliphatic carbocycles. The molecular weight excluding hydrogens is 440 g/mol. The van der Waals surface area contributed by atoms with Crippen LogP contribution in [0.25, 0.3) is 11.1 Å². The Kier molecular flexibility index (Phi) is 6.79. The van der Waals surface area contributed by atoms with Crippen molar-refractivity contribution in [2.75, 3.05) is 18.5 Å². The molecule has 176 valence electrons. The molecule has 2 aliphatic heterocycles. The van der Waals surface area contributed by atoms with E-state index in [-0.39, 0.29) is 23.7 Å². The number of pyridine rings is 1. The molecule has 1 saturated carbocycles. The molecule has 5 rings (SSSR count). The van der Waals surface area contributed by atoms with Crippen LogP contribution in [0.1, 0.15) is 57.1 Å².